The van der Waals surface area contributed by atoms with Gasteiger partial charge in [-0.15, -0.1) is 0 Å². The third-order valence-electron chi connectivity index (χ3n) is 4.93. The van der Waals surface area contributed by atoms with Crippen LogP contribution in [0.15, 0.2) is 34.0 Å². The first-order valence-electron chi connectivity index (χ1n) is 9.53. The average Bonchev–Trinajstić information content (AvgIpc) is 2.79. The number of carbonyl (C=O) groups excluding carboxylic acids is 1. The summed E-state index contributed by atoms with van der Waals surface area (Å²) in [7, 11) is 5.93. The second-order valence-corrected chi connectivity index (χ2v) is 6.72. The van der Waals surface area contributed by atoms with E-state index in [2.05, 4.69) is 10.3 Å². The van der Waals surface area contributed by atoms with Gasteiger partial charge in [-0.05, 0) is 18.6 Å². The number of benzene rings is 1. The average molecular weight is 428 g/mol. The second kappa shape index (κ2) is 8.90. The lowest BCUT2D eigenvalue weighted by atomic mass is 10.1. The smallest absolute Gasteiger partial charge is 0.332 e. The number of amides is 1. The highest BCUT2D eigenvalue weighted by Crippen LogP contribution is 2.29. The Labute approximate surface area is 178 Å². The minimum Gasteiger partial charge on any atom is -0.495 e. The molecule has 164 valence electrons. The lowest BCUT2D eigenvalue weighted by molar-refractivity contribution is -0.116. The topological polar surface area (TPSA) is 114 Å². The summed E-state index contributed by atoms with van der Waals surface area (Å²) in [6.45, 7) is 1.43. The van der Waals surface area contributed by atoms with E-state index in [4.69, 9.17) is 14.2 Å². The first-order chi connectivity index (χ1) is 14.9. The molecule has 10 heteroatoms. The first kappa shape index (κ1) is 21.9. The third kappa shape index (κ3) is 3.96. The van der Waals surface area contributed by atoms with Crippen molar-refractivity contribution in [1.29, 1.82) is 0 Å². The van der Waals surface area contributed by atoms with Gasteiger partial charge in [0.15, 0.2) is 17.1 Å². The van der Waals surface area contributed by atoms with Crippen molar-refractivity contribution in [1.82, 2.24) is 14.1 Å². The van der Waals surface area contributed by atoms with Crippen LogP contribution in [0.4, 0.5) is 5.69 Å². The van der Waals surface area contributed by atoms with Gasteiger partial charge in [-0.2, -0.15) is 0 Å². The number of nitrogens with one attached hydrogen (secondary N) is 1. The highest BCUT2D eigenvalue weighted by molar-refractivity contribution is 5.91. The molecule has 3 rings (SSSR count). The largest absolute Gasteiger partial charge is 0.495 e. The number of pyridine rings is 1. The van der Waals surface area contributed by atoms with E-state index in [1.54, 1.807) is 24.4 Å². The number of methoxy groups -OCH3 is 3. The maximum atomic E-state index is 13.1. The summed E-state index contributed by atoms with van der Waals surface area (Å²) in [5, 5.41) is 2.82. The molecule has 10 nitrogen and oxygen atoms in total. The van der Waals surface area contributed by atoms with Crippen LogP contribution in [-0.4, -0.2) is 41.4 Å². The maximum Gasteiger partial charge on any atom is 0.332 e. The Morgan fingerprint density at radius 3 is 2.42 bits per heavy atom. The third-order valence-corrected chi connectivity index (χ3v) is 4.93. The summed E-state index contributed by atoms with van der Waals surface area (Å²) in [5.74, 6) is 0.736. The molecule has 0 saturated heterocycles. The molecule has 1 amide bonds. The van der Waals surface area contributed by atoms with Crippen molar-refractivity contribution in [2.24, 2.45) is 7.05 Å². The van der Waals surface area contributed by atoms with Gasteiger partial charge in [0.2, 0.25) is 5.91 Å². The van der Waals surface area contributed by atoms with Crippen LogP contribution in [0.5, 0.6) is 17.2 Å². The van der Waals surface area contributed by atoms with Crippen molar-refractivity contribution in [3.63, 3.8) is 0 Å². The van der Waals surface area contributed by atoms with Crippen molar-refractivity contribution in [2.75, 3.05) is 26.6 Å². The predicted molar refractivity (Wildman–Crippen MR) is 115 cm³/mol. The molecule has 1 N–H and O–H groups in total. The minimum absolute atomic E-state index is 0.155. The van der Waals surface area contributed by atoms with Crippen LogP contribution in [0.3, 0.4) is 0 Å². The zero-order valence-electron chi connectivity index (χ0n) is 18.0. The quantitative estimate of drug-likeness (QED) is 0.604. The van der Waals surface area contributed by atoms with Crippen LogP contribution in [0.1, 0.15) is 12.5 Å². The Bertz CT molecular complexity index is 1260. The van der Waals surface area contributed by atoms with Gasteiger partial charge in [-0.1, -0.05) is 6.92 Å². The number of carbonyl (C=O) groups is 1. The zero-order valence-corrected chi connectivity index (χ0v) is 18.0. The van der Waals surface area contributed by atoms with Gasteiger partial charge in [0.1, 0.15) is 17.7 Å². The van der Waals surface area contributed by atoms with Crippen LogP contribution < -0.4 is 30.8 Å². The summed E-state index contributed by atoms with van der Waals surface area (Å²) in [6, 6.07) is 4.85. The zero-order chi connectivity index (χ0) is 22.7. The molecule has 0 aliphatic rings. The van der Waals surface area contributed by atoms with Crippen LogP contribution in [0.2, 0.25) is 0 Å². The fourth-order valence-corrected chi connectivity index (χ4v) is 3.35. The molecular formula is C21H24N4O6. The molecule has 0 bridgehead atoms. The van der Waals surface area contributed by atoms with Gasteiger partial charge in [0, 0.05) is 30.6 Å². The number of fused-ring (bicyclic) bond motifs is 1. The van der Waals surface area contributed by atoms with Crippen molar-refractivity contribution in [3.8, 4) is 17.2 Å². The Hall–Kier alpha value is -3.82. The van der Waals surface area contributed by atoms with Gasteiger partial charge in [0.25, 0.3) is 5.56 Å². The van der Waals surface area contributed by atoms with Crippen molar-refractivity contribution >= 4 is 22.6 Å². The minimum atomic E-state index is -0.654. The molecule has 0 fully saturated rings. The van der Waals surface area contributed by atoms with E-state index in [0.717, 1.165) is 10.1 Å². The molecule has 0 aliphatic carbocycles. The fraction of sp³-hybridized carbons (Fsp3) is 0.333. The Morgan fingerprint density at radius 1 is 1.10 bits per heavy atom. The standard InChI is InChI=1S/C21H24N4O6/c1-6-12-10-22-19-17(18(12)31-5)20(27)25(21(28)24(19)2)11-16(26)23-13-7-8-14(29-3)15(9-13)30-4/h7-10H,6,11H2,1-5H3,(H,23,26). The van der Waals surface area contributed by atoms with Crippen molar-refractivity contribution < 1.29 is 19.0 Å². The predicted octanol–water partition coefficient (Wildman–Crippen LogP) is 1.32. The molecule has 0 radical (unpaired) electrons. The lowest BCUT2D eigenvalue weighted by Gasteiger charge is -2.14. The van der Waals surface area contributed by atoms with E-state index >= 15 is 0 Å². The summed E-state index contributed by atoms with van der Waals surface area (Å²) < 4.78 is 17.9. The van der Waals surface area contributed by atoms with Crippen LogP contribution in [0, 0.1) is 0 Å². The fourth-order valence-electron chi connectivity index (χ4n) is 3.35. The van der Waals surface area contributed by atoms with E-state index in [0.29, 0.717) is 29.4 Å². The highest BCUT2D eigenvalue weighted by atomic mass is 16.5. The number of ether oxygens (including phenoxy) is 3. The van der Waals surface area contributed by atoms with E-state index in [9.17, 15) is 14.4 Å². The molecule has 2 aromatic heterocycles. The van der Waals surface area contributed by atoms with Gasteiger partial charge >= 0.3 is 5.69 Å². The normalized spacial score (nSPS) is 10.7. The number of aryl methyl sites for hydroxylation is 2. The van der Waals surface area contributed by atoms with E-state index < -0.39 is 23.7 Å². The molecule has 3 aromatic rings. The van der Waals surface area contributed by atoms with E-state index in [1.165, 1.54) is 32.9 Å². The monoisotopic (exact) mass is 428 g/mol. The van der Waals surface area contributed by atoms with Crippen LogP contribution in [-0.2, 0) is 24.8 Å². The lowest BCUT2D eigenvalue weighted by Crippen LogP contribution is -2.42. The molecule has 0 atom stereocenters. The maximum absolute atomic E-state index is 13.1. The molecular weight excluding hydrogens is 404 g/mol. The number of rotatable bonds is 7. The number of nitrogens with zero attached hydrogens (tertiary/aromatic N) is 3. The second-order valence-electron chi connectivity index (χ2n) is 6.72. The SMILES string of the molecule is CCc1cnc2c(c1OC)c(=O)n(CC(=O)Nc1ccc(OC)c(OC)c1)c(=O)n2C. The molecule has 1 aromatic carbocycles. The number of aromatic nitrogens is 3. The molecule has 31 heavy (non-hydrogen) atoms. The molecule has 2 heterocycles. The Morgan fingerprint density at radius 2 is 1.81 bits per heavy atom. The molecule has 0 spiro atoms. The van der Waals surface area contributed by atoms with Crippen molar-refractivity contribution in [2.45, 2.75) is 19.9 Å². The summed E-state index contributed by atoms with van der Waals surface area (Å²) in [5.41, 5.74) is 0.0625. The summed E-state index contributed by atoms with van der Waals surface area (Å²) >= 11 is 0. The Kier molecular flexibility index (Phi) is 6.28. The van der Waals surface area contributed by atoms with Gasteiger partial charge in [0.05, 0.1) is 21.3 Å². The van der Waals surface area contributed by atoms with Gasteiger partial charge in [-0.25, -0.2) is 14.3 Å². The van der Waals surface area contributed by atoms with Gasteiger partial charge < -0.3 is 19.5 Å². The molecule has 0 unspecified atom stereocenters. The van der Waals surface area contributed by atoms with Crippen LogP contribution >= 0.6 is 0 Å². The molecule has 0 aliphatic heterocycles. The van der Waals surface area contributed by atoms with Gasteiger partial charge in [-0.3, -0.25) is 14.2 Å². The highest BCUT2D eigenvalue weighted by Gasteiger charge is 2.20. The first-order valence-corrected chi connectivity index (χ1v) is 9.53. The van der Waals surface area contributed by atoms with Crippen LogP contribution in [0.25, 0.3) is 11.0 Å². The Balaban J connectivity index is 2.02. The van der Waals surface area contributed by atoms with Crippen molar-refractivity contribution in [3.05, 3.63) is 50.8 Å². The van der Waals surface area contributed by atoms with E-state index in [-0.39, 0.29) is 11.0 Å². The summed E-state index contributed by atoms with van der Waals surface area (Å²) in [4.78, 5) is 42.8. The number of hydrogen-bond acceptors (Lipinski definition) is 7. The summed E-state index contributed by atoms with van der Waals surface area (Å²) in [6.07, 6.45) is 2.17. The molecule has 0 saturated carbocycles. The number of hydrogen-bond donors (Lipinski definition) is 1. The number of anilines is 1. The van der Waals surface area contributed by atoms with E-state index in [1.807, 2.05) is 6.92 Å².